The highest BCUT2D eigenvalue weighted by atomic mass is 79.9. The topological polar surface area (TPSA) is 86.7 Å². The van der Waals surface area contributed by atoms with Crippen LogP contribution >= 0.6 is 27.7 Å². The third-order valence-electron chi connectivity index (χ3n) is 2.31. The van der Waals surface area contributed by atoms with Crippen molar-refractivity contribution in [3.05, 3.63) is 34.1 Å². The molecule has 0 saturated heterocycles. The largest absolute Gasteiger partial charge is 0.368 e. The number of thioether (sulfide) groups is 1. The maximum Gasteiger partial charge on any atom is 0.235 e. The summed E-state index contributed by atoms with van der Waals surface area (Å²) in [5.41, 5.74) is 5.52. The number of hydrogen-bond donors (Lipinski definition) is 1. The molecule has 19 heavy (non-hydrogen) atoms. The van der Waals surface area contributed by atoms with Gasteiger partial charge in [0.15, 0.2) is 0 Å². The summed E-state index contributed by atoms with van der Waals surface area (Å²) in [5.74, 6) is -1.17. The molecule has 1 aromatic carbocycles. The van der Waals surface area contributed by atoms with Gasteiger partial charge in [-0.3, -0.25) is 4.79 Å². The van der Waals surface area contributed by atoms with Gasteiger partial charge in [0.2, 0.25) is 11.1 Å². The van der Waals surface area contributed by atoms with E-state index in [1.54, 1.807) is 13.1 Å². The van der Waals surface area contributed by atoms with Gasteiger partial charge in [0.1, 0.15) is 11.1 Å². The number of hydrogen-bond acceptors (Lipinski definition) is 5. The van der Waals surface area contributed by atoms with Crippen LogP contribution in [0.2, 0.25) is 0 Å². The Labute approximate surface area is 120 Å². The van der Waals surface area contributed by atoms with E-state index < -0.39 is 17.0 Å². The highest BCUT2D eigenvalue weighted by Crippen LogP contribution is 2.35. The molecule has 2 aromatic rings. The average Bonchev–Trinajstić information content (AvgIpc) is 2.72. The van der Waals surface area contributed by atoms with Crippen molar-refractivity contribution in [1.82, 2.24) is 20.2 Å². The molecule has 6 nitrogen and oxygen atoms in total. The molecular formula is C10H9BrFN5OS. The van der Waals surface area contributed by atoms with Crippen molar-refractivity contribution in [3.63, 3.8) is 0 Å². The van der Waals surface area contributed by atoms with E-state index in [9.17, 15) is 9.18 Å². The molecule has 0 spiro atoms. The lowest BCUT2D eigenvalue weighted by Gasteiger charge is -2.13. The molecule has 0 aliphatic rings. The molecule has 1 aromatic heterocycles. The van der Waals surface area contributed by atoms with Crippen LogP contribution in [0.3, 0.4) is 0 Å². The van der Waals surface area contributed by atoms with E-state index in [-0.39, 0.29) is 5.56 Å². The Morgan fingerprint density at radius 3 is 2.84 bits per heavy atom. The lowest BCUT2D eigenvalue weighted by molar-refractivity contribution is -0.117. The molecule has 0 radical (unpaired) electrons. The standard InChI is InChI=1S/C10H9BrFN5OS/c1-17-10(14-15-16-17)19-8(9(13)18)6-3-2-5(11)4-7(6)12/h2-4,8H,1H3,(H2,13,18)/t8-/m1/s1. The summed E-state index contributed by atoms with van der Waals surface area (Å²) >= 11 is 4.16. The molecular weight excluding hydrogens is 337 g/mol. The minimum Gasteiger partial charge on any atom is -0.368 e. The summed E-state index contributed by atoms with van der Waals surface area (Å²) in [7, 11) is 1.62. The van der Waals surface area contributed by atoms with Crippen LogP contribution < -0.4 is 5.73 Å². The molecule has 0 aliphatic carbocycles. The van der Waals surface area contributed by atoms with Crippen molar-refractivity contribution in [1.29, 1.82) is 0 Å². The number of aryl methyl sites for hydroxylation is 1. The molecule has 9 heteroatoms. The van der Waals surface area contributed by atoms with Gasteiger partial charge in [-0.2, -0.15) is 0 Å². The molecule has 1 heterocycles. The maximum absolute atomic E-state index is 13.9. The van der Waals surface area contributed by atoms with Crippen LogP contribution in [0.1, 0.15) is 10.8 Å². The van der Waals surface area contributed by atoms with Crippen LogP contribution in [-0.2, 0) is 11.8 Å². The van der Waals surface area contributed by atoms with Gasteiger partial charge in [-0.15, -0.1) is 5.10 Å². The van der Waals surface area contributed by atoms with Gasteiger partial charge in [-0.05, 0) is 22.6 Å². The minimum atomic E-state index is -0.891. The number of benzene rings is 1. The zero-order valence-electron chi connectivity index (χ0n) is 9.75. The summed E-state index contributed by atoms with van der Waals surface area (Å²) in [6.07, 6.45) is 0. The van der Waals surface area contributed by atoms with Crippen molar-refractivity contribution < 1.29 is 9.18 Å². The van der Waals surface area contributed by atoms with Crippen molar-refractivity contribution in [2.75, 3.05) is 0 Å². The van der Waals surface area contributed by atoms with Crippen LogP contribution in [0.25, 0.3) is 0 Å². The number of amides is 1. The summed E-state index contributed by atoms with van der Waals surface area (Å²) < 4.78 is 15.9. The highest BCUT2D eigenvalue weighted by molar-refractivity contribution is 9.10. The molecule has 100 valence electrons. The first-order valence-corrected chi connectivity index (χ1v) is 6.79. The van der Waals surface area contributed by atoms with Gasteiger partial charge in [0.25, 0.3) is 0 Å². The Morgan fingerprint density at radius 2 is 2.32 bits per heavy atom. The number of nitrogens with two attached hydrogens (primary N) is 1. The van der Waals surface area contributed by atoms with Gasteiger partial charge in [-0.1, -0.05) is 33.8 Å². The Bertz CT molecular complexity index is 620. The lowest BCUT2D eigenvalue weighted by atomic mass is 10.1. The number of tetrazole rings is 1. The van der Waals surface area contributed by atoms with Crippen LogP contribution in [0.15, 0.2) is 27.8 Å². The van der Waals surface area contributed by atoms with Gasteiger partial charge in [-0.25, -0.2) is 9.07 Å². The van der Waals surface area contributed by atoms with Gasteiger partial charge in [0, 0.05) is 17.1 Å². The second kappa shape index (κ2) is 5.66. The third-order valence-corrected chi connectivity index (χ3v) is 4.08. The zero-order chi connectivity index (χ0) is 14.0. The fourth-order valence-electron chi connectivity index (χ4n) is 1.42. The minimum absolute atomic E-state index is 0.198. The molecule has 1 atom stereocenters. The predicted molar refractivity (Wildman–Crippen MR) is 70.7 cm³/mol. The van der Waals surface area contributed by atoms with Crippen molar-refractivity contribution in [2.24, 2.45) is 12.8 Å². The number of halogens is 2. The monoisotopic (exact) mass is 345 g/mol. The number of primary amides is 1. The number of carbonyl (C=O) groups excluding carboxylic acids is 1. The molecule has 0 bridgehead atoms. The Hall–Kier alpha value is -1.48. The van der Waals surface area contributed by atoms with E-state index in [4.69, 9.17) is 5.73 Å². The number of aromatic nitrogens is 4. The second-order valence-corrected chi connectivity index (χ2v) is 5.64. The third kappa shape index (κ3) is 3.10. The normalized spacial score (nSPS) is 12.4. The van der Waals surface area contributed by atoms with Gasteiger partial charge < -0.3 is 5.73 Å². The molecule has 0 aliphatic heterocycles. The molecule has 0 saturated carbocycles. The maximum atomic E-state index is 13.9. The van der Waals surface area contributed by atoms with Crippen LogP contribution in [0.4, 0.5) is 4.39 Å². The second-order valence-electron chi connectivity index (χ2n) is 3.65. The molecule has 2 N–H and O–H groups in total. The lowest BCUT2D eigenvalue weighted by Crippen LogP contribution is -2.20. The molecule has 2 rings (SSSR count). The highest BCUT2D eigenvalue weighted by Gasteiger charge is 2.25. The summed E-state index contributed by atoms with van der Waals surface area (Å²) in [5, 5.41) is 10.3. The Kier molecular flexibility index (Phi) is 4.15. The molecule has 0 fully saturated rings. The van der Waals surface area contributed by atoms with Crippen LogP contribution in [0.5, 0.6) is 0 Å². The Balaban J connectivity index is 2.35. The fraction of sp³-hybridized carbons (Fsp3) is 0.200. The van der Waals surface area contributed by atoms with Crippen LogP contribution in [0, 0.1) is 5.82 Å². The van der Waals surface area contributed by atoms with Crippen molar-refractivity contribution in [3.8, 4) is 0 Å². The first-order chi connectivity index (χ1) is 8.99. The van der Waals surface area contributed by atoms with E-state index in [1.807, 2.05) is 0 Å². The summed E-state index contributed by atoms with van der Waals surface area (Å²) in [6.45, 7) is 0. The molecule has 0 unspecified atom stereocenters. The first kappa shape index (κ1) is 13.9. The Morgan fingerprint density at radius 1 is 1.58 bits per heavy atom. The van der Waals surface area contributed by atoms with E-state index in [0.717, 1.165) is 11.8 Å². The quantitative estimate of drug-likeness (QED) is 0.847. The van der Waals surface area contributed by atoms with Crippen molar-refractivity contribution in [2.45, 2.75) is 10.4 Å². The van der Waals surface area contributed by atoms with Crippen LogP contribution in [-0.4, -0.2) is 26.1 Å². The van der Waals surface area contributed by atoms with Crippen molar-refractivity contribution >= 4 is 33.6 Å². The SMILES string of the molecule is Cn1nnnc1S[C@@H](C(N)=O)c1ccc(Br)cc1F. The van der Waals surface area contributed by atoms with E-state index in [1.165, 1.54) is 16.8 Å². The predicted octanol–water partition coefficient (Wildman–Crippen LogP) is 1.43. The smallest absolute Gasteiger partial charge is 0.235 e. The fourth-order valence-corrected chi connectivity index (χ4v) is 2.67. The number of carbonyl (C=O) groups is 1. The van der Waals surface area contributed by atoms with E-state index in [2.05, 4.69) is 31.5 Å². The summed E-state index contributed by atoms with van der Waals surface area (Å²) in [4.78, 5) is 11.5. The zero-order valence-corrected chi connectivity index (χ0v) is 12.2. The number of nitrogens with zero attached hydrogens (tertiary/aromatic N) is 4. The molecule has 1 amide bonds. The van der Waals surface area contributed by atoms with E-state index in [0.29, 0.717) is 9.63 Å². The first-order valence-electron chi connectivity index (χ1n) is 5.12. The van der Waals surface area contributed by atoms with E-state index >= 15 is 0 Å². The van der Waals surface area contributed by atoms with Gasteiger partial charge in [0.05, 0.1) is 0 Å². The summed E-state index contributed by atoms with van der Waals surface area (Å²) in [6, 6.07) is 4.43. The number of rotatable bonds is 4. The average molecular weight is 346 g/mol. The van der Waals surface area contributed by atoms with Gasteiger partial charge >= 0.3 is 0 Å².